The van der Waals surface area contributed by atoms with Gasteiger partial charge < -0.3 is 4.42 Å². The van der Waals surface area contributed by atoms with Gasteiger partial charge in [0.15, 0.2) is 5.76 Å². The van der Waals surface area contributed by atoms with Crippen LogP contribution in [-0.2, 0) is 4.75 Å². The lowest BCUT2D eigenvalue weighted by molar-refractivity contribution is 0.101. The van der Waals surface area contributed by atoms with Crippen molar-refractivity contribution in [2.75, 3.05) is 0 Å². The molecular weight excluding hydrogens is 336 g/mol. The van der Waals surface area contributed by atoms with Gasteiger partial charge in [0.2, 0.25) is 5.78 Å². The second-order valence-electron chi connectivity index (χ2n) is 6.02. The summed E-state index contributed by atoms with van der Waals surface area (Å²) >= 11 is 6.25. The van der Waals surface area contributed by atoms with Crippen molar-refractivity contribution >= 4 is 30.2 Å². The average molecular weight is 354 g/mol. The highest BCUT2D eigenvalue weighted by atomic mass is 32.2. The highest BCUT2D eigenvalue weighted by Crippen LogP contribution is 2.32. The summed E-state index contributed by atoms with van der Waals surface area (Å²) in [6.07, 6.45) is 1.51. The Balaban J connectivity index is 1.71. The zero-order chi connectivity index (χ0) is 17.2. The van der Waals surface area contributed by atoms with Gasteiger partial charge in [-0.05, 0) is 67.9 Å². The van der Waals surface area contributed by atoms with Gasteiger partial charge in [0, 0.05) is 20.1 Å². The Hall–Kier alpha value is -1.91. The molecule has 3 aromatic rings. The summed E-state index contributed by atoms with van der Waals surface area (Å²) in [4.78, 5) is 14.4. The number of thiol groups is 1. The van der Waals surface area contributed by atoms with E-state index < -0.39 is 0 Å². The van der Waals surface area contributed by atoms with Gasteiger partial charge in [-0.1, -0.05) is 23.9 Å². The van der Waals surface area contributed by atoms with Crippen molar-refractivity contribution in [3.05, 3.63) is 83.8 Å². The second-order valence-corrected chi connectivity index (χ2v) is 8.28. The summed E-state index contributed by atoms with van der Waals surface area (Å²) in [5.41, 5.74) is 1.82. The average Bonchev–Trinajstić information content (AvgIpc) is 3.09. The van der Waals surface area contributed by atoms with E-state index in [0.717, 1.165) is 9.79 Å². The van der Waals surface area contributed by atoms with E-state index in [9.17, 15) is 4.79 Å². The number of carbonyl (C=O) groups excluding carboxylic acids is 1. The Morgan fingerprint density at radius 3 is 2.04 bits per heavy atom. The number of hydrogen-bond acceptors (Lipinski definition) is 4. The Bertz CT molecular complexity index is 812. The maximum absolute atomic E-state index is 12.2. The van der Waals surface area contributed by atoms with E-state index in [-0.39, 0.29) is 10.5 Å². The van der Waals surface area contributed by atoms with Gasteiger partial charge in [0.1, 0.15) is 0 Å². The van der Waals surface area contributed by atoms with E-state index in [0.29, 0.717) is 11.3 Å². The predicted molar refractivity (Wildman–Crippen MR) is 101 cm³/mol. The molecule has 3 rings (SSSR count). The van der Waals surface area contributed by atoms with Crippen molar-refractivity contribution in [1.82, 2.24) is 0 Å². The minimum Gasteiger partial charge on any atom is -0.461 e. The largest absolute Gasteiger partial charge is 0.461 e. The normalized spacial score (nSPS) is 11.5. The summed E-state index contributed by atoms with van der Waals surface area (Å²) in [5, 5.41) is 0. The summed E-state index contributed by atoms with van der Waals surface area (Å²) in [5.74, 6) is 0.261. The van der Waals surface area contributed by atoms with E-state index in [1.807, 2.05) is 24.3 Å². The smallest absolute Gasteiger partial charge is 0.228 e. The summed E-state index contributed by atoms with van der Waals surface area (Å²) in [6, 6.07) is 19.4. The first kappa shape index (κ1) is 16.9. The maximum atomic E-state index is 12.2. The van der Waals surface area contributed by atoms with E-state index in [1.165, 1.54) is 11.8 Å². The molecule has 0 aliphatic rings. The highest BCUT2D eigenvalue weighted by molar-refractivity contribution is 7.99. The number of hydrogen-bond donors (Lipinski definition) is 1. The van der Waals surface area contributed by atoms with Crippen LogP contribution in [0.4, 0.5) is 0 Å². The van der Waals surface area contributed by atoms with Gasteiger partial charge in [-0.2, -0.15) is 12.6 Å². The van der Waals surface area contributed by atoms with Crippen molar-refractivity contribution in [3.63, 3.8) is 0 Å². The first-order chi connectivity index (χ1) is 11.4. The van der Waals surface area contributed by atoms with Crippen LogP contribution in [0.3, 0.4) is 0 Å². The SMILES string of the molecule is CC(C)(S)c1ccc(Sc2ccc(C(=O)c3ccco3)cc2)cc1. The highest BCUT2D eigenvalue weighted by Gasteiger charge is 2.14. The molecule has 0 N–H and O–H groups in total. The van der Waals surface area contributed by atoms with Crippen LogP contribution >= 0.6 is 24.4 Å². The van der Waals surface area contributed by atoms with Crippen molar-refractivity contribution in [2.45, 2.75) is 28.4 Å². The molecule has 1 heterocycles. The molecule has 0 fully saturated rings. The number of rotatable bonds is 5. The third-order valence-corrected chi connectivity index (χ3v) is 4.93. The molecule has 0 bridgehead atoms. The molecule has 0 saturated heterocycles. The molecule has 2 aromatic carbocycles. The van der Waals surface area contributed by atoms with E-state index in [1.54, 1.807) is 23.9 Å². The molecule has 0 unspecified atom stereocenters. The van der Waals surface area contributed by atoms with E-state index in [4.69, 9.17) is 4.42 Å². The molecule has 0 spiro atoms. The van der Waals surface area contributed by atoms with Crippen LogP contribution in [0.1, 0.15) is 35.5 Å². The van der Waals surface area contributed by atoms with Gasteiger partial charge >= 0.3 is 0 Å². The van der Waals surface area contributed by atoms with Gasteiger partial charge in [0.25, 0.3) is 0 Å². The zero-order valence-electron chi connectivity index (χ0n) is 13.5. The van der Waals surface area contributed by atoms with Crippen LogP contribution in [0.25, 0.3) is 0 Å². The third kappa shape index (κ3) is 3.94. The van der Waals surface area contributed by atoms with Crippen LogP contribution in [0.2, 0.25) is 0 Å². The van der Waals surface area contributed by atoms with Gasteiger partial charge in [0.05, 0.1) is 6.26 Å². The molecule has 0 saturated carbocycles. The number of benzene rings is 2. The summed E-state index contributed by atoms with van der Waals surface area (Å²) < 4.78 is 5.01. The maximum Gasteiger partial charge on any atom is 0.228 e. The molecule has 4 heteroatoms. The standard InChI is InChI=1S/C20H18O2S2/c1-20(2,23)15-7-11-17(12-8-15)24-16-9-5-14(6-10-16)19(21)18-4-3-13-22-18/h3-13,23H,1-2H3. The van der Waals surface area contributed by atoms with Crippen molar-refractivity contribution in [1.29, 1.82) is 0 Å². The van der Waals surface area contributed by atoms with Crippen molar-refractivity contribution in [2.24, 2.45) is 0 Å². The van der Waals surface area contributed by atoms with E-state index in [2.05, 4.69) is 50.7 Å². The third-order valence-electron chi connectivity index (χ3n) is 3.66. The lowest BCUT2D eigenvalue weighted by Crippen LogP contribution is -2.06. The second kappa shape index (κ2) is 6.91. The Labute approximate surface area is 151 Å². The number of carbonyl (C=O) groups is 1. The van der Waals surface area contributed by atoms with Crippen molar-refractivity contribution < 1.29 is 9.21 Å². The monoisotopic (exact) mass is 354 g/mol. The van der Waals surface area contributed by atoms with Crippen LogP contribution in [0, 0.1) is 0 Å². The van der Waals surface area contributed by atoms with Gasteiger partial charge in [-0.15, -0.1) is 0 Å². The van der Waals surface area contributed by atoms with Crippen LogP contribution in [0.15, 0.2) is 81.1 Å². The molecule has 2 nitrogen and oxygen atoms in total. The van der Waals surface area contributed by atoms with Crippen molar-refractivity contribution in [3.8, 4) is 0 Å². The molecule has 24 heavy (non-hydrogen) atoms. The number of furan rings is 1. The Morgan fingerprint density at radius 1 is 0.958 bits per heavy atom. The van der Waals surface area contributed by atoms with Crippen LogP contribution in [0.5, 0.6) is 0 Å². The first-order valence-corrected chi connectivity index (χ1v) is 8.89. The van der Waals surface area contributed by atoms with Gasteiger partial charge in [-0.25, -0.2) is 0 Å². The lowest BCUT2D eigenvalue weighted by Gasteiger charge is -2.18. The fourth-order valence-corrected chi connectivity index (χ4v) is 3.26. The minimum absolute atomic E-state index is 0.100. The Morgan fingerprint density at radius 2 is 1.54 bits per heavy atom. The Kier molecular flexibility index (Phi) is 4.88. The molecule has 0 atom stereocenters. The topological polar surface area (TPSA) is 30.2 Å². The summed E-state index contributed by atoms with van der Waals surface area (Å²) in [6.45, 7) is 4.15. The quantitative estimate of drug-likeness (QED) is 0.462. The fourth-order valence-electron chi connectivity index (χ4n) is 2.29. The number of ketones is 1. The molecule has 1 aromatic heterocycles. The molecule has 0 amide bonds. The molecule has 0 aliphatic heterocycles. The molecular formula is C20H18O2S2. The summed E-state index contributed by atoms with van der Waals surface area (Å²) in [7, 11) is 0. The lowest BCUT2D eigenvalue weighted by atomic mass is 10.0. The fraction of sp³-hybridized carbons (Fsp3) is 0.150. The minimum atomic E-state index is -0.142. The van der Waals surface area contributed by atoms with E-state index >= 15 is 0 Å². The first-order valence-electron chi connectivity index (χ1n) is 7.62. The molecule has 122 valence electrons. The van der Waals surface area contributed by atoms with Gasteiger partial charge in [-0.3, -0.25) is 4.79 Å². The van der Waals surface area contributed by atoms with Crippen LogP contribution < -0.4 is 0 Å². The molecule has 0 aliphatic carbocycles. The molecule has 0 radical (unpaired) electrons. The zero-order valence-corrected chi connectivity index (χ0v) is 15.2. The van der Waals surface area contributed by atoms with Crippen LogP contribution in [-0.4, -0.2) is 5.78 Å². The predicted octanol–water partition coefficient (Wildman–Crippen LogP) is 5.83.